The Morgan fingerprint density at radius 2 is 1.90 bits per heavy atom. The van der Waals surface area contributed by atoms with Gasteiger partial charge < -0.3 is 9.84 Å². The summed E-state index contributed by atoms with van der Waals surface area (Å²) in [6.45, 7) is 6.95. The highest BCUT2D eigenvalue weighted by Gasteiger charge is 2.30. The minimum absolute atomic E-state index is 0.114. The lowest BCUT2D eigenvalue weighted by atomic mass is 10.1. The standard InChI is InChI=1S/C26H27N7O3S3/c1-17-13-21(36-31-17)22-3-4-23(38-22)39(34,35)33-11-9-32(10-12-33)14-18(2)30-26-25-24(28-16-29-26)20(15-37-25)19-5-7-27-8-6-19/h3-8,13,15-16,18H,9-12,14H2,1-2H3,(H,28,29,30)/t18-/m0/s1. The summed E-state index contributed by atoms with van der Waals surface area (Å²) in [5, 5.41) is 9.54. The van der Waals surface area contributed by atoms with Crippen LogP contribution in [-0.4, -0.2) is 76.5 Å². The lowest BCUT2D eigenvalue weighted by Crippen LogP contribution is -2.50. The van der Waals surface area contributed by atoms with Crippen molar-refractivity contribution in [3.05, 3.63) is 60.1 Å². The molecule has 0 radical (unpaired) electrons. The van der Waals surface area contributed by atoms with Gasteiger partial charge in [0.05, 0.1) is 20.8 Å². The Morgan fingerprint density at radius 3 is 2.64 bits per heavy atom. The summed E-state index contributed by atoms with van der Waals surface area (Å²) >= 11 is 2.84. The molecule has 13 heteroatoms. The number of aryl methyl sites for hydroxylation is 1. The molecule has 0 amide bonds. The zero-order chi connectivity index (χ0) is 27.0. The number of fused-ring (bicyclic) bond motifs is 1. The first-order valence-corrected chi connectivity index (χ1v) is 15.7. The molecule has 1 atom stereocenters. The summed E-state index contributed by atoms with van der Waals surface area (Å²) in [7, 11) is -3.56. The summed E-state index contributed by atoms with van der Waals surface area (Å²) in [5.41, 5.74) is 3.83. The fourth-order valence-corrected chi connectivity index (χ4v) is 8.52. The molecule has 0 spiro atoms. The maximum Gasteiger partial charge on any atom is 0.252 e. The molecule has 5 aromatic rings. The summed E-state index contributed by atoms with van der Waals surface area (Å²) < 4.78 is 34.8. The van der Waals surface area contributed by atoms with Crippen LogP contribution in [0, 0.1) is 6.92 Å². The van der Waals surface area contributed by atoms with E-state index >= 15 is 0 Å². The third-order valence-electron chi connectivity index (χ3n) is 6.64. The van der Waals surface area contributed by atoms with Crippen LogP contribution in [0.4, 0.5) is 5.82 Å². The van der Waals surface area contributed by atoms with E-state index in [0.29, 0.717) is 36.1 Å². The predicted molar refractivity (Wildman–Crippen MR) is 153 cm³/mol. The van der Waals surface area contributed by atoms with E-state index in [9.17, 15) is 8.42 Å². The largest absolute Gasteiger partial charge is 0.365 e. The first kappa shape index (κ1) is 26.0. The van der Waals surface area contributed by atoms with Gasteiger partial charge in [0, 0.05) is 68.2 Å². The van der Waals surface area contributed by atoms with Gasteiger partial charge >= 0.3 is 0 Å². The fraction of sp³-hybridized carbons (Fsp3) is 0.308. The summed E-state index contributed by atoms with van der Waals surface area (Å²) in [6, 6.07) is 9.31. The highest BCUT2D eigenvalue weighted by atomic mass is 32.2. The number of rotatable bonds is 8. The molecular formula is C26H27N7O3S3. The Hall–Kier alpha value is -3.23. The Bertz CT molecular complexity index is 1690. The van der Waals surface area contributed by atoms with E-state index in [2.05, 4.69) is 42.6 Å². The number of hydrogen-bond donors (Lipinski definition) is 1. The van der Waals surface area contributed by atoms with Gasteiger partial charge in [-0.2, -0.15) is 4.31 Å². The van der Waals surface area contributed by atoms with Gasteiger partial charge in [0.15, 0.2) is 5.76 Å². The van der Waals surface area contributed by atoms with Gasteiger partial charge in [0.1, 0.15) is 16.4 Å². The van der Waals surface area contributed by atoms with Crippen molar-refractivity contribution in [1.82, 2.24) is 29.3 Å². The molecule has 1 fully saturated rings. The molecule has 0 aliphatic carbocycles. The number of nitrogens with zero attached hydrogens (tertiary/aromatic N) is 6. The lowest BCUT2D eigenvalue weighted by molar-refractivity contribution is 0.184. The zero-order valence-electron chi connectivity index (χ0n) is 21.4. The Morgan fingerprint density at radius 1 is 1.10 bits per heavy atom. The second kappa shape index (κ2) is 10.7. The third-order valence-corrected chi connectivity index (χ3v) is 11.1. The summed E-state index contributed by atoms with van der Waals surface area (Å²) in [6.07, 6.45) is 5.16. The number of nitrogens with one attached hydrogen (secondary N) is 1. The van der Waals surface area contributed by atoms with Crippen molar-refractivity contribution in [2.75, 3.05) is 38.0 Å². The van der Waals surface area contributed by atoms with Crippen LogP contribution in [0.3, 0.4) is 0 Å². The first-order chi connectivity index (χ1) is 18.9. The molecular weight excluding hydrogens is 555 g/mol. The van der Waals surface area contributed by atoms with Crippen molar-refractivity contribution in [2.45, 2.75) is 24.1 Å². The molecule has 39 heavy (non-hydrogen) atoms. The molecule has 1 saturated heterocycles. The number of hydrogen-bond acceptors (Lipinski definition) is 11. The molecule has 202 valence electrons. The molecule has 10 nitrogen and oxygen atoms in total. The van der Waals surface area contributed by atoms with Gasteiger partial charge in [0.2, 0.25) is 0 Å². The van der Waals surface area contributed by atoms with E-state index < -0.39 is 10.0 Å². The normalized spacial score (nSPS) is 16.1. The topological polar surface area (TPSA) is 117 Å². The fourth-order valence-electron chi connectivity index (χ4n) is 4.71. The molecule has 0 unspecified atom stereocenters. The molecule has 1 N–H and O–H groups in total. The second-order valence-corrected chi connectivity index (χ2v) is 13.6. The van der Waals surface area contributed by atoms with Crippen molar-refractivity contribution in [3.8, 4) is 21.8 Å². The zero-order valence-corrected chi connectivity index (χ0v) is 23.9. The van der Waals surface area contributed by atoms with Gasteiger partial charge in [-0.15, -0.1) is 22.7 Å². The maximum absolute atomic E-state index is 13.3. The van der Waals surface area contributed by atoms with Crippen LogP contribution in [-0.2, 0) is 10.0 Å². The minimum atomic E-state index is -3.56. The van der Waals surface area contributed by atoms with E-state index in [-0.39, 0.29) is 6.04 Å². The molecule has 6 rings (SSSR count). The molecule has 0 aromatic carbocycles. The van der Waals surface area contributed by atoms with Crippen LogP contribution in [0.15, 0.2) is 63.2 Å². The van der Waals surface area contributed by atoms with Crippen LogP contribution >= 0.6 is 22.7 Å². The van der Waals surface area contributed by atoms with E-state index in [1.54, 1.807) is 52.6 Å². The van der Waals surface area contributed by atoms with Gasteiger partial charge in [-0.1, -0.05) is 5.16 Å². The van der Waals surface area contributed by atoms with Gasteiger partial charge in [-0.25, -0.2) is 18.4 Å². The lowest BCUT2D eigenvalue weighted by Gasteiger charge is -2.35. The van der Waals surface area contributed by atoms with Crippen molar-refractivity contribution in [3.63, 3.8) is 0 Å². The monoisotopic (exact) mass is 581 g/mol. The summed E-state index contributed by atoms with van der Waals surface area (Å²) in [4.78, 5) is 16.2. The molecule has 1 aliphatic rings. The van der Waals surface area contributed by atoms with E-state index in [4.69, 9.17) is 4.52 Å². The minimum Gasteiger partial charge on any atom is -0.365 e. The van der Waals surface area contributed by atoms with Crippen molar-refractivity contribution >= 4 is 48.7 Å². The maximum atomic E-state index is 13.3. The van der Waals surface area contributed by atoms with Crippen molar-refractivity contribution < 1.29 is 12.9 Å². The van der Waals surface area contributed by atoms with Crippen molar-refractivity contribution in [1.29, 1.82) is 0 Å². The van der Waals surface area contributed by atoms with Crippen LogP contribution in [0.25, 0.3) is 32.0 Å². The second-order valence-electron chi connectivity index (χ2n) is 9.49. The average molecular weight is 582 g/mol. The van der Waals surface area contributed by atoms with Crippen molar-refractivity contribution in [2.24, 2.45) is 0 Å². The van der Waals surface area contributed by atoms with Gasteiger partial charge in [-0.3, -0.25) is 9.88 Å². The predicted octanol–water partition coefficient (Wildman–Crippen LogP) is 4.59. The average Bonchev–Trinajstić information content (AvgIpc) is 3.70. The highest BCUT2D eigenvalue weighted by molar-refractivity contribution is 7.91. The SMILES string of the molecule is Cc1cc(-c2ccc(S(=O)(=O)N3CCN(C[C@H](C)Nc4ncnc5c(-c6ccncc6)csc45)CC3)s2)on1. The van der Waals surface area contributed by atoms with Gasteiger partial charge in [0.25, 0.3) is 10.0 Å². The Labute approximate surface area is 234 Å². The molecule has 0 bridgehead atoms. The number of anilines is 1. The van der Waals surface area contributed by atoms with E-state index in [0.717, 1.165) is 44.3 Å². The van der Waals surface area contributed by atoms with Crippen LogP contribution < -0.4 is 5.32 Å². The number of piperazine rings is 1. The summed E-state index contributed by atoms with van der Waals surface area (Å²) in [5.74, 6) is 1.40. The number of thiophene rings is 2. The molecule has 1 aliphatic heterocycles. The van der Waals surface area contributed by atoms with E-state index in [1.807, 2.05) is 19.1 Å². The van der Waals surface area contributed by atoms with E-state index in [1.165, 1.54) is 11.3 Å². The Balaban J connectivity index is 1.07. The van der Waals surface area contributed by atoms with Crippen LogP contribution in [0.5, 0.6) is 0 Å². The molecule has 6 heterocycles. The number of pyridine rings is 1. The quantitative estimate of drug-likeness (QED) is 0.281. The number of sulfonamides is 1. The first-order valence-electron chi connectivity index (χ1n) is 12.5. The highest BCUT2D eigenvalue weighted by Crippen LogP contribution is 2.36. The third kappa shape index (κ3) is 5.32. The number of aromatic nitrogens is 4. The smallest absolute Gasteiger partial charge is 0.252 e. The Kier molecular flexibility index (Phi) is 7.16. The van der Waals surface area contributed by atoms with Crippen LogP contribution in [0.1, 0.15) is 12.6 Å². The molecule has 5 aromatic heterocycles. The van der Waals surface area contributed by atoms with Gasteiger partial charge in [-0.05, 0) is 43.7 Å². The molecule has 0 saturated carbocycles. The van der Waals surface area contributed by atoms with Crippen LogP contribution in [0.2, 0.25) is 0 Å².